The molecule has 0 bridgehead atoms. The fourth-order valence-electron chi connectivity index (χ4n) is 0.779. The van der Waals surface area contributed by atoms with E-state index in [1.54, 1.807) is 0 Å². The smallest absolute Gasteiger partial charge is 0.310 e. The zero-order chi connectivity index (χ0) is 9.30. The highest BCUT2D eigenvalue weighted by atomic mass is 79.9. The summed E-state index contributed by atoms with van der Waals surface area (Å²) < 4.78 is 0.621. The lowest BCUT2D eigenvalue weighted by Gasteiger charge is -1.99. The zero-order valence-electron chi connectivity index (χ0n) is 5.75. The lowest BCUT2D eigenvalue weighted by Crippen LogP contribution is -1.96. The number of nitrogen functional groups attached to an aromatic ring is 1. The van der Waals surface area contributed by atoms with E-state index in [1.165, 1.54) is 12.1 Å². The summed E-state index contributed by atoms with van der Waals surface area (Å²) in [5.41, 5.74) is 5.17. The normalized spacial score (nSPS) is 9.83. The summed E-state index contributed by atoms with van der Waals surface area (Å²) in [6.45, 7) is 0. The van der Waals surface area contributed by atoms with Crippen molar-refractivity contribution in [3.8, 4) is 0 Å². The number of anilines is 1. The van der Waals surface area contributed by atoms with Crippen LogP contribution in [0.25, 0.3) is 0 Å². The van der Waals surface area contributed by atoms with Crippen molar-refractivity contribution in [1.29, 1.82) is 0 Å². The van der Waals surface area contributed by atoms with E-state index in [1.807, 2.05) is 0 Å². The predicted molar refractivity (Wildman–Crippen MR) is 50.2 cm³/mol. The lowest BCUT2D eigenvalue weighted by molar-refractivity contribution is -0.383. The second-order valence-corrected chi connectivity index (χ2v) is 3.41. The number of nitro benzene ring substituents is 1. The Balaban J connectivity index is 3.38. The minimum absolute atomic E-state index is 0.0341. The van der Waals surface area contributed by atoms with E-state index in [0.717, 1.165) is 0 Å². The largest absolute Gasteiger partial charge is 0.393 e. The molecule has 6 heteroatoms. The van der Waals surface area contributed by atoms with Crippen LogP contribution in [0.1, 0.15) is 0 Å². The number of benzene rings is 1. The van der Waals surface area contributed by atoms with Crippen LogP contribution in [0.15, 0.2) is 16.6 Å². The Morgan fingerprint density at radius 3 is 2.58 bits per heavy atom. The van der Waals surface area contributed by atoms with Crippen LogP contribution in [-0.4, -0.2) is 4.92 Å². The van der Waals surface area contributed by atoms with Crippen LogP contribution < -0.4 is 5.73 Å². The maximum absolute atomic E-state index is 10.4. The minimum atomic E-state index is -0.607. The molecule has 0 atom stereocenters. The van der Waals surface area contributed by atoms with Crippen molar-refractivity contribution < 1.29 is 4.92 Å². The summed E-state index contributed by atoms with van der Waals surface area (Å²) in [5, 5.41) is 10.4. The van der Waals surface area contributed by atoms with Gasteiger partial charge in [-0.15, -0.1) is 0 Å². The van der Waals surface area contributed by atoms with E-state index in [4.69, 9.17) is 17.3 Å². The molecule has 0 saturated carbocycles. The van der Waals surface area contributed by atoms with E-state index in [2.05, 4.69) is 15.9 Å². The highest BCUT2D eigenvalue weighted by Gasteiger charge is 2.16. The van der Waals surface area contributed by atoms with Gasteiger partial charge in [0.05, 0.1) is 4.92 Å². The van der Waals surface area contributed by atoms with Crippen molar-refractivity contribution in [1.82, 2.24) is 0 Å². The quantitative estimate of drug-likeness (QED) is 0.474. The van der Waals surface area contributed by atoms with Gasteiger partial charge in [0.1, 0.15) is 10.7 Å². The maximum Gasteiger partial charge on any atom is 0.310 e. The molecule has 64 valence electrons. The summed E-state index contributed by atoms with van der Waals surface area (Å²) in [5.74, 6) is 0. The van der Waals surface area contributed by atoms with Gasteiger partial charge in [0, 0.05) is 4.47 Å². The average Bonchev–Trinajstić information content (AvgIpc) is 1.82. The molecule has 4 nitrogen and oxygen atoms in total. The molecule has 1 rings (SSSR count). The molecule has 0 heterocycles. The lowest BCUT2D eigenvalue weighted by atomic mass is 10.3. The Hall–Kier alpha value is -0.810. The third-order valence-corrected chi connectivity index (χ3v) is 1.99. The second kappa shape index (κ2) is 3.28. The first-order valence-electron chi connectivity index (χ1n) is 2.91. The topological polar surface area (TPSA) is 69.2 Å². The highest BCUT2D eigenvalue weighted by Crippen LogP contribution is 2.33. The first kappa shape index (κ1) is 9.28. The van der Waals surface area contributed by atoms with Gasteiger partial charge in [-0.05, 0) is 12.1 Å². The van der Waals surface area contributed by atoms with Crippen LogP contribution in [0, 0.1) is 10.1 Å². The first-order chi connectivity index (χ1) is 5.52. The van der Waals surface area contributed by atoms with Gasteiger partial charge in [-0.3, -0.25) is 10.1 Å². The molecule has 0 aliphatic rings. The van der Waals surface area contributed by atoms with Gasteiger partial charge in [-0.25, -0.2) is 0 Å². The van der Waals surface area contributed by atoms with Gasteiger partial charge >= 0.3 is 5.69 Å². The molecule has 0 aromatic heterocycles. The van der Waals surface area contributed by atoms with Crippen molar-refractivity contribution in [2.75, 3.05) is 5.73 Å². The number of nitrogens with zero attached hydrogens (tertiary/aromatic N) is 1. The molecule has 12 heavy (non-hydrogen) atoms. The van der Waals surface area contributed by atoms with E-state index in [-0.39, 0.29) is 16.4 Å². The molecular weight excluding hydrogens is 247 g/mol. The van der Waals surface area contributed by atoms with Crippen LogP contribution in [0.5, 0.6) is 0 Å². The average molecular weight is 251 g/mol. The van der Waals surface area contributed by atoms with Gasteiger partial charge in [-0.1, -0.05) is 27.5 Å². The predicted octanol–water partition coefficient (Wildman–Crippen LogP) is 2.59. The summed E-state index contributed by atoms with van der Waals surface area (Å²) in [6.07, 6.45) is 0. The summed E-state index contributed by atoms with van der Waals surface area (Å²) in [4.78, 5) is 9.77. The maximum atomic E-state index is 10.4. The van der Waals surface area contributed by atoms with Gasteiger partial charge in [0.2, 0.25) is 0 Å². The Labute approximate surface area is 81.6 Å². The second-order valence-electron chi connectivity index (χ2n) is 2.08. The van der Waals surface area contributed by atoms with E-state index in [0.29, 0.717) is 4.47 Å². The van der Waals surface area contributed by atoms with Crippen molar-refractivity contribution in [3.05, 3.63) is 31.7 Å². The highest BCUT2D eigenvalue weighted by molar-refractivity contribution is 9.10. The number of hydrogen-bond acceptors (Lipinski definition) is 3. The Kier molecular flexibility index (Phi) is 2.54. The van der Waals surface area contributed by atoms with Gasteiger partial charge in [0.25, 0.3) is 0 Å². The van der Waals surface area contributed by atoms with Crippen molar-refractivity contribution in [3.63, 3.8) is 0 Å². The van der Waals surface area contributed by atoms with Crippen LogP contribution in [0.2, 0.25) is 5.02 Å². The number of nitrogens with two attached hydrogens (primary N) is 1. The molecule has 0 fully saturated rings. The first-order valence-corrected chi connectivity index (χ1v) is 4.08. The molecule has 1 aromatic rings. The molecule has 2 N–H and O–H groups in total. The monoisotopic (exact) mass is 250 g/mol. The van der Waals surface area contributed by atoms with Crippen LogP contribution in [-0.2, 0) is 0 Å². The van der Waals surface area contributed by atoms with Gasteiger partial charge in [0.15, 0.2) is 0 Å². The Morgan fingerprint density at radius 2 is 2.17 bits per heavy atom. The summed E-state index contributed by atoms with van der Waals surface area (Å²) >= 11 is 8.69. The number of nitro groups is 1. The van der Waals surface area contributed by atoms with E-state index in [9.17, 15) is 10.1 Å². The molecule has 0 unspecified atom stereocenters. The Bertz CT molecular complexity index is 319. The van der Waals surface area contributed by atoms with Crippen LogP contribution in [0.4, 0.5) is 11.4 Å². The SMILES string of the molecule is Nc1cc(Br)cc(Cl)c1[N+](=O)[O-]. The molecule has 0 saturated heterocycles. The molecule has 0 aliphatic carbocycles. The fourth-order valence-corrected chi connectivity index (χ4v) is 1.68. The third-order valence-electron chi connectivity index (χ3n) is 1.24. The molecule has 0 aliphatic heterocycles. The minimum Gasteiger partial charge on any atom is -0.393 e. The molecule has 1 aromatic carbocycles. The summed E-state index contributed by atoms with van der Waals surface area (Å²) in [6, 6.07) is 2.86. The van der Waals surface area contributed by atoms with Crippen LogP contribution in [0.3, 0.4) is 0 Å². The Morgan fingerprint density at radius 1 is 1.58 bits per heavy atom. The standard InChI is InChI=1S/C6H4BrClN2O2/c7-3-1-4(8)6(10(11)12)5(9)2-3/h1-2H,9H2. The van der Waals surface area contributed by atoms with Crippen molar-refractivity contribution in [2.24, 2.45) is 0 Å². The fraction of sp³-hybridized carbons (Fsp3) is 0. The van der Waals surface area contributed by atoms with Crippen molar-refractivity contribution in [2.45, 2.75) is 0 Å². The molecule has 0 radical (unpaired) electrons. The molecule has 0 spiro atoms. The van der Waals surface area contributed by atoms with Crippen LogP contribution >= 0.6 is 27.5 Å². The van der Waals surface area contributed by atoms with E-state index < -0.39 is 4.92 Å². The van der Waals surface area contributed by atoms with Gasteiger partial charge in [-0.2, -0.15) is 0 Å². The number of hydrogen-bond donors (Lipinski definition) is 1. The van der Waals surface area contributed by atoms with Crippen molar-refractivity contribution >= 4 is 38.9 Å². The number of halogens is 2. The van der Waals surface area contributed by atoms with Gasteiger partial charge < -0.3 is 5.73 Å². The number of rotatable bonds is 1. The summed E-state index contributed by atoms with van der Waals surface area (Å²) in [7, 11) is 0. The molecular formula is C6H4BrClN2O2. The van der Waals surface area contributed by atoms with E-state index >= 15 is 0 Å². The molecule has 0 amide bonds. The third kappa shape index (κ3) is 1.67. The zero-order valence-corrected chi connectivity index (χ0v) is 8.09.